The van der Waals surface area contributed by atoms with Crippen molar-refractivity contribution in [2.75, 3.05) is 26.0 Å². The number of aromatic nitrogens is 2. The predicted molar refractivity (Wildman–Crippen MR) is 85.4 cm³/mol. The molecule has 0 spiro atoms. The topological polar surface area (TPSA) is 76.2 Å². The Morgan fingerprint density at radius 3 is 3.27 bits per heavy atom. The van der Waals surface area contributed by atoms with Crippen LogP contribution >= 0.6 is 11.8 Å². The molecule has 0 saturated carbocycles. The number of fused-ring (bicyclic) bond motifs is 1. The summed E-state index contributed by atoms with van der Waals surface area (Å²) in [7, 11) is 1.63. The zero-order chi connectivity index (χ0) is 15.4. The lowest BCUT2D eigenvalue weighted by Crippen LogP contribution is -2.32. The molecule has 118 valence electrons. The Bertz CT molecular complexity index is 653. The summed E-state index contributed by atoms with van der Waals surface area (Å²) in [6, 6.07) is 5.65. The monoisotopic (exact) mass is 321 g/mol. The highest BCUT2D eigenvalue weighted by molar-refractivity contribution is 7.99. The van der Waals surface area contributed by atoms with E-state index in [0.29, 0.717) is 12.3 Å². The van der Waals surface area contributed by atoms with Crippen molar-refractivity contribution < 1.29 is 14.3 Å². The SMILES string of the molecule is COc1ccc2nc(SCC(=O)NC[C@H]3CCCO3)[nH]c2c1. The fourth-order valence-corrected chi connectivity index (χ4v) is 3.09. The van der Waals surface area contributed by atoms with Gasteiger partial charge in [0.05, 0.1) is 30.0 Å². The molecule has 2 heterocycles. The van der Waals surface area contributed by atoms with Crippen LogP contribution in [0.15, 0.2) is 23.4 Å². The minimum Gasteiger partial charge on any atom is -0.497 e. The molecule has 0 aliphatic carbocycles. The number of methoxy groups -OCH3 is 1. The van der Waals surface area contributed by atoms with Crippen molar-refractivity contribution in [1.82, 2.24) is 15.3 Å². The van der Waals surface area contributed by atoms with Gasteiger partial charge in [0, 0.05) is 19.2 Å². The summed E-state index contributed by atoms with van der Waals surface area (Å²) >= 11 is 1.39. The zero-order valence-electron chi connectivity index (χ0n) is 12.4. The van der Waals surface area contributed by atoms with Crippen LogP contribution in [0.25, 0.3) is 11.0 Å². The molecule has 22 heavy (non-hydrogen) atoms. The Balaban J connectivity index is 1.51. The van der Waals surface area contributed by atoms with E-state index in [9.17, 15) is 4.79 Å². The highest BCUT2D eigenvalue weighted by atomic mass is 32.2. The van der Waals surface area contributed by atoms with Crippen LogP contribution in [0, 0.1) is 0 Å². The van der Waals surface area contributed by atoms with Crippen LogP contribution in [-0.2, 0) is 9.53 Å². The minimum absolute atomic E-state index is 0.00135. The second-order valence-electron chi connectivity index (χ2n) is 5.15. The van der Waals surface area contributed by atoms with E-state index in [-0.39, 0.29) is 12.0 Å². The van der Waals surface area contributed by atoms with Gasteiger partial charge in [0.15, 0.2) is 5.16 Å². The number of rotatable bonds is 6. The number of thioether (sulfide) groups is 1. The van der Waals surface area contributed by atoms with Crippen LogP contribution in [-0.4, -0.2) is 48.0 Å². The Labute approximate surface area is 133 Å². The smallest absolute Gasteiger partial charge is 0.230 e. The number of carbonyl (C=O) groups excluding carboxylic acids is 1. The van der Waals surface area contributed by atoms with E-state index >= 15 is 0 Å². The van der Waals surface area contributed by atoms with E-state index in [1.807, 2.05) is 18.2 Å². The highest BCUT2D eigenvalue weighted by Crippen LogP contribution is 2.23. The minimum atomic E-state index is -0.00135. The highest BCUT2D eigenvalue weighted by Gasteiger charge is 2.16. The average Bonchev–Trinajstić information content (AvgIpc) is 3.18. The number of benzene rings is 1. The van der Waals surface area contributed by atoms with Gasteiger partial charge in [0.25, 0.3) is 0 Å². The second-order valence-corrected chi connectivity index (χ2v) is 6.12. The van der Waals surface area contributed by atoms with Gasteiger partial charge in [0.1, 0.15) is 5.75 Å². The third-order valence-electron chi connectivity index (χ3n) is 3.56. The number of H-pyrrole nitrogens is 1. The van der Waals surface area contributed by atoms with Crippen LogP contribution in [0.1, 0.15) is 12.8 Å². The van der Waals surface area contributed by atoms with E-state index in [0.717, 1.165) is 41.4 Å². The van der Waals surface area contributed by atoms with Gasteiger partial charge in [-0.25, -0.2) is 4.98 Å². The average molecular weight is 321 g/mol. The lowest BCUT2D eigenvalue weighted by atomic mass is 10.2. The summed E-state index contributed by atoms with van der Waals surface area (Å²) in [6.45, 7) is 1.40. The molecule has 1 aromatic carbocycles. The maximum atomic E-state index is 11.8. The van der Waals surface area contributed by atoms with Crippen molar-refractivity contribution >= 4 is 28.7 Å². The van der Waals surface area contributed by atoms with Gasteiger partial charge < -0.3 is 19.8 Å². The number of ether oxygens (including phenoxy) is 2. The molecule has 1 aliphatic rings. The molecule has 1 saturated heterocycles. The Kier molecular flexibility index (Phi) is 4.84. The summed E-state index contributed by atoms with van der Waals surface area (Å²) in [5, 5.41) is 3.63. The number of hydrogen-bond acceptors (Lipinski definition) is 5. The first-order chi connectivity index (χ1) is 10.7. The Morgan fingerprint density at radius 1 is 1.59 bits per heavy atom. The van der Waals surface area contributed by atoms with E-state index in [1.165, 1.54) is 11.8 Å². The zero-order valence-corrected chi connectivity index (χ0v) is 13.2. The van der Waals surface area contributed by atoms with Gasteiger partial charge >= 0.3 is 0 Å². The van der Waals surface area contributed by atoms with E-state index < -0.39 is 0 Å². The number of nitrogens with one attached hydrogen (secondary N) is 2. The summed E-state index contributed by atoms with van der Waals surface area (Å²) < 4.78 is 10.7. The number of nitrogens with zero attached hydrogens (tertiary/aromatic N) is 1. The number of aromatic amines is 1. The molecule has 1 aliphatic heterocycles. The van der Waals surface area contributed by atoms with Gasteiger partial charge in [0.2, 0.25) is 5.91 Å². The predicted octanol–water partition coefficient (Wildman–Crippen LogP) is 1.96. The molecule has 1 aromatic heterocycles. The number of imidazole rings is 1. The van der Waals surface area contributed by atoms with Gasteiger partial charge in [-0.2, -0.15) is 0 Å². The maximum Gasteiger partial charge on any atom is 0.230 e. The van der Waals surface area contributed by atoms with Crippen molar-refractivity contribution in [1.29, 1.82) is 0 Å². The first-order valence-electron chi connectivity index (χ1n) is 7.29. The first-order valence-corrected chi connectivity index (χ1v) is 8.28. The van der Waals surface area contributed by atoms with Gasteiger partial charge in [-0.15, -0.1) is 0 Å². The molecule has 0 unspecified atom stereocenters. The van der Waals surface area contributed by atoms with Crippen LogP contribution in [0.3, 0.4) is 0 Å². The third kappa shape index (κ3) is 3.72. The summed E-state index contributed by atoms with van der Waals surface area (Å²) in [4.78, 5) is 19.5. The molecular formula is C15H19N3O3S. The molecule has 1 atom stereocenters. The second kappa shape index (κ2) is 7.02. The van der Waals surface area contributed by atoms with E-state index in [1.54, 1.807) is 7.11 Å². The summed E-state index contributed by atoms with van der Waals surface area (Å²) in [5.74, 6) is 1.12. The van der Waals surface area contributed by atoms with E-state index in [2.05, 4.69) is 15.3 Å². The molecule has 2 N–H and O–H groups in total. The molecular weight excluding hydrogens is 302 g/mol. The van der Waals surface area contributed by atoms with Crippen molar-refractivity contribution in [2.45, 2.75) is 24.1 Å². The Morgan fingerprint density at radius 2 is 2.50 bits per heavy atom. The number of amides is 1. The van der Waals surface area contributed by atoms with Gasteiger partial charge in [-0.3, -0.25) is 4.79 Å². The summed E-state index contributed by atoms with van der Waals surface area (Å²) in [5.41, 5.74) is 1.77. The van der Waals surface area contributed by atoms with Crippen LogP contribution < -0.4 is 10.1 Å². The van der Waals surface area contributed by atoms with Gasteiger partial charge in [-0.05, 0) is 25.0 Å². The first kappa shape index (κ1) is 15.2. The quantitative estimate of drug-likeness (QED) is 0.796. The normalized spacial score (nSPS) is 17.8. The lowest BCUT2D eigenvalue weighted by molar-refractivity contribution is -0.119. The fraction of sp³-hybridized carbons (Fsp3) is 0.467. The number of carbonyl (C=O) groups is 1. The van der Waals surface area contributed by atoms with Crippen molar-refractivity contribution in [3.8, 4) is 5.75 Å². The number of hydrogen-bond donors (Lipinski definition) is 2. The largest absolute Gasteiger partial charge is 0.497 e. The van der Waals surface area contributed by atoms with Crippen molar-refractivity contribution in [2.24, 2.45) is 0 Å². The van der Waals surface area contributed by atoms with Crippen molar-refractivity contribution in [3.05, 3.63) is 18.2 Å². The molecule has 3 rings (SSSR count). The van der Waals surface area contributed by atoms with Crippen LogP contribution in [0.2, 0.25) is 0 Å². The van der Waals surface area contributed by atoms with Crippen LogP contribution in [0.5, 0.6) is 5.75 Å². The molecule has 6 nitrogen and oxygen atoms in total. The maximum absolute atomic E-state index is 11.8. The molecule has 0 bridgehead atoms. The lowest BCUT2D eigenvalue weighted by Gasteiger charge is -2.10. The standard InChI is InChI=1S/C15H19N3O3S/c1-20-10-4-5-12-13(7-10)18-15(17-12)22-9-14(19)16-8-11-3-2-6-21-11/h4-5,7,11H,2-3,6,8-9H2,1H3,(H,16,19)(H,17,18)/t11-/m1/s1. The molecule has 1 fully saturated rings. The van der Waals surface area contributed by atoms with Crippen molar-refractivity contribution in [3.63, 3.8) is 0 Å². The molecule has 2 aromatic rings. The van der Waals surface area contributed by atoms with E-state index in [4.69, 9.17) is 9.47 Å². The third-order valence-corrected chi connectivity index (χ3v) is 4.43. The van der Waals surface area contributed by atoms with Crippen LogP contribution in [0.4, 0.5) is 0 Å². The van der Waals surface area contributed by atoms with Gasteiger partial charge in [-0.1, -0.05) is 11.8 Å². The summed E-state index contributed by atoms with van der Waals surface area (Å²) in [6.07, 6.45) is 2.28. The fourth-order valence-electron chi connectivity index (χ4n) is 2.38. The molecule has 7 heteroatoms. The molecule has 0 radical (unpaired) electrons. The Hall–Kier alpha value is -1.73. The molecule has 1 amide bonds.